The maximum Gasteiger partial charge on any atom is 0.234 e. The van der Waals surface area contributed by atoms with E-state index in [4.69, 9.17) is 9.97 Å². The van der Waals surface area contributed by atoms with Gasteiger partial charge in [0.05, 0.1) is 17.1 Å². The zero-order chi connectivity index (χ0) is 27.3. The highest BCUT2D eigenvalue weighted by molar-refractivity contribution is 6.26. The van der Waals surface area contributed by atoms with Crippen LogP contribution in [-0.4, -0.2) is 9.97 Å². The second-order valence-corrected chi connectivity index (χ2v) is 11.9. The third-order valence-electron chi connectivity index (χ3n) is 9.26. The number of para-hydroxylation sites is 2. The highest BCUT2D eigenvalue weighted by Crippen LogP contribution is 2.52. The molecule has 0 amide bonds. The molecule has 0 saturated heterocycles. The van der Waals surface area contributed by atoms with E-state index in [1.54, 1.807) is 0 Å². The molecule has 6 aromatic carbocycles. The van der Waals surface area contributed by atoms with Crippen molar-refractivity contribution in [2.45, 2.75) is 25.7 Å². The van der Waals surface area contributed by atoms with Crippen LogP contribution in [0, 0.1) is 0 Å². The minimum atomic E-state index is -0.266. The smallest absolute Gasteiger partial charge is 0.234 e. The molecule has 7 aromatic rings. The molecule has 0 radical (unpaired) electrons. The number of hydrogen-bond donors (Lipinski definition) is 0. The van der Waals surface area contributed by atoms with Crippen LogP contribution in [0.15, 0.2) is 115 Å². The molecule has 0 fully saturated rings. The minimum Gasteiger partial charge on any atom is -0.279 e. The molecule has 41 heavy (non-hydrogen) atoms. The summed E-state index contributed by atoms with van der Waals surface area (Å²) in [4.78, 5) is 12.7. The van der Waals surface area contributed by atoms with Crippen LogP contribution in [-0.2, 0) is 11.8 Å². The fraction of sp³-hybridized carbons (Fsp3) is 0.105. The first-order valence-electron chi connectivity index (χ1n) is 14.3. The lowest BCUT2D eigenvalue weighted by Crippen LogP contribution is -2.23. The molecule has 2 heterocycles. The van der Waals surface area contributed by atoms with Gasteiger partial charge in [0.2, 0.25) is 5.95 Å². The SMILES string of the molecule is CC1(C)c2cc3c4ccccc4c4ccccc4c3cc2-c2cnc(N3c4ccccc4Cc4ccccc43)nc21. The quantitative estimate of drug-likeness (QED) is 0.200. The molecule has 0 N–H and O–H groups in total. The van der Waals surface area contributed by atoms with E-state index < -0.39 is 0 Å². The first kappa shape index (κ1) is 22.8. The van der Waals surface area contributed by atoms with Gasteiger partial charge in [-0.05, 0) is 78.8 Å². The maximum absolute atomic E-state index is 5.37. The van der Waals surface area contributed by atoms with E-state index in [0.717, 1.165) is 35.0 Å². The molecular formula is C38H27N3. The van der Waals surface area contributed by atoms with Crippen molar-refractivity contribution in [3.05, 3.63) is 138 Å². The Morgan fingerprint density at radius 1 is 0.585 bits per heavy atom. The Balaban J connectivity index is 1.30. The summed E-state index contributed by atoms with van der Waals surface area (Å²) in [5.41, 5.74) is 9.40. The number of fused-ring (bicyclic) bond motifs is 11. The van der Waals surface area contributed by atoms with Crippen molar-refractivity contribution >= 4 is 49.6 Å². The molecule has 3 heteroatoms. The number of nitrogens with zero attached hydrogens (tertiary/aromatic N) is 3. The molecule has 0 spiro atoms. The average molecular weight is 526 g/mol. The highest BCUT2D eigenvalue weighted by Gasteiger charge is 2.39. The molecule has 194 valence electrons. The molecule has 1 aromatic heterocycles. The van der Waals surface area contributed by atoms with Gasteiger partial charge in [-0.3, -0.25) is 4.90 Å². The number of hydrogen-bond acceptors (Lipinski definition) is 3. The summed E-state index contributed by atoms with van der Waals surface area (Å²) >= 11 is 0. The summed E-state index contributed by atoms with van der Waals surface area (Å²) in [6.45, 7) is 4.61. The Morgan fingerprint density at radius 3 is 1.71 bits per heavy atom. The van der Waals surface area contributed by atoms with E-state index in [1.807, 2.05) is 0 Å². The van der Waals surface area contributed by atoms with Gasteiger partial charge in [-0.15, -0.1) is 0 Å². The van der Waals surface area contributed by atoms with Gasteiger partial charge in [-0.25, -0.2) is 9.97 Å². The van der Waals surface area contributed by atoms with Crippen LogP contribution < -0.4 is 4.90 Å². The lowest BCUT2D eigenvalue weighted by Gasteiger charge is -2.32. The highest BCUT2D eigenvalue weighted by atomic mass is 15.3. The van der Waals surface area contributed by atoms with Crippen LogP contribution >= 0.6 is 0 Å². The fourth-order valence-electron chi connectivity index (χ4n) is 7.28. The summed E-state index contributed by atoms with van der Waals surface area (Å²) < 4.78 is 0. The van der Waals surface area contributed by atoms with E-state index in [0.29, 0.717) is 0 Å². The topological polar surface area (TPSA) is 29.0 Å². The minimum absolute atomic E-state index is 0.266. The Hall–Kier alpha value is -5.02. The Kier molecular flexibility index (Phi) is 4.45. The standard InChI is InChI=1S/C38H27N3/c1-38(2)33-21-30-28-16-8-6-14-26(28)25-13-5-7-15-27(25)29(30)20-31(33)32-22-39-37(40-36(32)38)41-34-17-9-3-11-23(34)19-24-12-4-10-18-35(24)41/h3-18,20-22H,19H2,1-2H3. The van der Waals surface area contributed by atoms with Crippen molar-refractivity contribution in [1.29, 1.82) is 0 Å². The summed E-state index contributed by atoms with van der Waals surface area (Å²) in [6, 6.07) is 39.6. The van der Waals surface area contributed by atoms with E-state index in [2.05, 4.69) is 134 Å². The van der Waals surface area contributed by atoms with Crippen molar-refractivity contribution in [1.82, 2.24) is 9.97 Å². The fourth-order valence-corrected chi connectivity index (χ4v) is 7.28. The van der Waals surface area contributed by atoms with Gasteiger partial charge in [0.1, 0.15) is 0 Å². The lowest BCUT2D eigenvalue weighted by atomic mass is 9.83. The van der Waals surface area contributed by atoms with Crippen molar-refractivity contribution < 1.29 is 0 Å². The summed E-state index contributed by atoms with van der Waals surface area (Å²) in [5, 5.41) is 7.75. The molecule has 9 rings (SSSR count). The Bertz CT molecular complexity index is 2180. The predicted molar refractivity (Wildman–Crippen MR) is 170 cm³/mol. The average Bonchev–Trinajstić information content (AvgIpc) is 3.24. The summed E-state index contributed by atoms with van der Waals surface area (Å²) in [6.07, 6.45) is 2.97. The molecule has 1 aliphatic carbocycles. The van der Waals surface area contributed by atoms with Crippen molar-refractivity contribution in [3.8, 4) is 11.1 Å². The molecule has 3 nitrogen and oxygen atoms in total. The van der Waals surface area contributed by atoms with Crippen molar-refractivity contribution in [2.75, 3.05) is 4.90 Å². The van der Waals surface area contributed by atoms with Gasteiger partial charge in [0.15, 0.2) is 0 Å². The lowest BCUT2D eigenvalue weighted by molar-refractivity contribution is 0.635. The molecule has 0 atom stereocenters. The normalized spacial score (nSPS) is 14.6. The zero-order valence-electron chi connectivity index (χ0n) is 23.0. The second-order valence-electron chi connectivity index (χ2n) is 11.9. The largest absolute Gasteiger partial charge is 0.279 e. The van der Waals surface area contributed by atoms with Gasteiger partial charge in [0.25, 0.3) is 0 Å². The van der Waals surface area contributed by atoms with Crippen LogP contribution in [0.3, 0.4) is 0 Å². The van der Waals surface area contributed by atoms with E-state index in [9.17, 15) is 0 Å². The second kappa shape index (κ2) is 8.02. The molecular weight excluding hydrogens is 498 g/mol. The number of aromatic nitrogens is 2. The summed E-state index contributed by atoms with van der Waals surface area (Å²) in [5.74, 6) is 0.727. The van der Waals surface area contributed by atoms with Gasteiger partial charge < -0.3 is 0 Å². The van der Waals surface area contributed by atoms with Crippen LogP contribution in [0.2, 0.25) is 0 Å². The molecule has 0 saturated carbocycles. The van der Waals surface area contributed by atoms with Crippen LogP contribution in [0.4, 0.5) is 17.3 Å². The summed E-state index contributed by atoms with van der Waals surface area (Å²) in [7, 11) is 0. The number of anilines is 3. The third kappa shape index (κ3) is 3.03. The number of rotatable bonds is 1. The van der Waals surface area contributed by atoms with Crippen LogP contribution in [0.5, 0.6) is 0 Å². The molecule has 0 unspecified atom stereocenters. The predicted octanol–water partition coefficient (Wildman–Crippen LogP) is 9.62. The number of benzene rings is 6. The van der Waals surface area contributed by atoms with Crippen LogP contribution in [0.25, 0.3) is 43.4 Å². The van der Waals surface area contributed by atoms with Crippen LogP contribution in [0.1, 0.15) is 36.2 Å². The molecule has 1 aliphatic heterocycles. The Morgan fingerprint density at radius 2 is 1.10 bits per heavy atom. The zero-order valence-corrected chi connectivity index (χ0v) is 23.0. The van der Waals surface area contributed by atoms with Crippen molar-refractivity contribution in [3.63, 3.8) is 0 Å². The van der Waals surface area contributed by atoms with Gasteiger partial charge in [-0.2, -0.15) is 0 Å². The maximum atomic E-state index is 5.37. The van der Waals surface area contributed by atoms with Gasteiger partial charge >= 0.3 is 0 Å². The van der Waals surface area contributed by atoms with E-state index >= 15 is 0 Å². The van der Waals surface area contributed by atoms with Crippen molar-refractivity contribution in [2.24, 2.45) is 0 Å². The molecule has 2 aliphatic rings. The van der Waals surface area contributed by atoms with E-state index in [1.165, 1.54) is 54.6 Å². The first-order chi connectivity index (χ1) is 20.1. The Labute approximate surface area is 238 Å². The molecule has 0 bridgehead atoms. The van der Waals surface area contributed by atoms with Gasteiger partial charge in [0, 0.05) is 23.6 Å². The van der Waals surface area contributed by atoms with E-state index in [-0.39, 0.29) is 5.41 Å². The van der Waals surface area contributed by atoms with Gasteiger partial charge in [-0.1, -0.05) is 98.8 Å². The monoisotopic (exact) mass is 525 g/mol. The third-order valence-corrected chi connectivity index (χ3v) is 9.26. The first-order valence-corrected chi connectivity index (χ1v) is 14.3.